The summed E-state index contributed by atoms with van der Waals surface area (Å²) in [7, 11) is 0. The van der Waals surface area contributed by atoms with Crippen molar-refractivity contribution in [2.45, 2.75) is 31.5 Å². The molecular formula is C17H23N3O6S. The summed E-state index contributed by atoms with van der Waals surface area (Å²) in [6.07, 6.45) is -0.210. The van der Waals surface area contributed by atoms with Crippen molar-refractivity contribution in [3.05, 3.63) is 35.9 Å². The van der Waals surface area contributed by atoms with E-state index in [-0.39, 0.29) is 31.7 Å². The molecule has 0 aliphatic rings. The molecule has 0 heterocycles. The Balaban J connectivity index is 2.34. The molecule has 10 heteroatoms. The van der Waals surface area contributed by atoms with Gasteiger partial charge in [-0.05, 0) is 12.0 Å². The van der Waals surface area contributed by atoms with Gasteiger partial charge < -0.3 is 26.2 Å². The quantitative estimate of drug-likeness (QED) is 0.249. The number of nitrogens with two attached hydrogens (primary N) is 1. The number of ether oxygens (including phenoxy) is 1. The van der Waals surface area contributed by atoms with Crippen LogP contribution in [0.5, 0.6) is 0 Å². The second-order valence-electron chi connectivity index (χ2n) is 5.65. The molecule has 2 atom stereocenters. The van der Waals surface area contributed by atoms with E-state index in [1.54, 1.807) is 12.1 Å². The number of amides is 2. The SMILES string of the molecule is NC(CCC(=O)NC(CS)C(=O)NCC(=O)OCc1ccccc1)C(=O)O. The summed E-state index contributed by atoms with van der Waals surface area (Å²) in [6, 6.07) is 6.94. The third-order valence-corrected chi connectivity index (χ3v) is 3.85. The first-order valence-electron chi connectivity index (χ1n) is 8.19. The van der Waals surface area contributed by atoms with Crippen LogP contribution in [0.4, 0.5) is 0 Å². The summed E-state index contributed by atoms with van der Waals surface area (Å²) in [5, 5.41) is 13.4. The first kappa shape index (κ1) is 22.5. The summed E-state index contributed by atoms with van der Waals surface area (Å²) >= 11 is 3.99. The van der Waals surface area contributed by atoms with E-state index in [2.05, 4.69) is 23.3 Å². The Morgan fingerprint density at radius 1 is 1.19 bits per heavy atom. The predicted molar refractivity (Wildman–Crippen MR) is 99.9 cm³/mol. The molecule has 1 rings (SSSR count). The Morgan fingerprint density at radius 3 is 2.44 bits per heavy atom. The Hall–Kier alpha value is -2.59. The first-order chi connectivity index (χ1) is 12.8. The number of benzene rings is 1. The van der Waals surface area contributed by atoms with Gasteiger partial charge in [0, 0.05) is 12.2 Å². The molecule has 2 unspecified atom stereocenters. The number of carboxylic acid groups (broad SMARTS) is 1. The molecule has 5 N–H and O–H groups in total. The highest BCUT2D eigenvalue weighted by Gasteiger charge is 2.21. The highest BCUT2D eigenvalue weighted by Crippen LogP contribution is 2.01. The van der Waals surface area contributed by atoms with Gasteiger partial charge in [0.2, 0.25) is 11.8 Å². The number of rotatable bonds is 11. The summed E-state index contributed by atoms with van der Waals surface area (Å²) < 4.78 is 5.03. The highest BCUT2D eigenvalue weighted by molar-refractivity contribution is 7.80. The molecule has 0 fully saturated rings. The zero-order valence-electron chi connectivity index (χ0n) is 14.6. The molecule has 2 amide bonds. The van der Waals surface area contributed by atoms with Gasteiger partial charge in [-0.2, -0.15) is 12.6 Å². The maximum absolute atomic E-state index is 12.0. The van der Waals surface area contributed by atoms with Gasteiger partial charge >= 0.3 is 11.9 Å². The Bertz CT molecular complexity index is 655. The number of esters is 1. The lowest BCUT2D eigenvalue weighted by Gasteiger charge is -2.16. The van der Waals surface area contributed by atoms with Crippen LogP contribution in [0, 0.1) is 0 Å². The van der Waals surface area contributed by atoms with Gasteiger partial charge in [-0.15, -0.1) is 0 Å². The molecular weight excluding hydrogens is 374 g/mol. The second kappa shape index (κ2) is 11.9. The second-order valence-corrected chi connectivity index (χ2v) is 6.02. The lowest BCUT2D eigenvalue weighted by atomic mass is 10.1. The molecule has 1 aromatic carbocycles. The van der Waals surface area contributed by atoms with E-state index in [9.17, 15) is 19.2 Å². The molecule has 9 nitrogen and oxygen atoms in total. The first-order valence-corrected chi connectivity index (χ1v) is 8.82. The lowest BCUT2D eigenvalue weighted by molar-refractivity contribution is -0.145. The van der Waals surface area contributed by atoms with E-state index in [0.717, 1.165) is 5.56 Å². The van der Waals surface area contributed by atoms with Gasteiger partial charge in [-0.1, -0.05) is 30.3 Å². The number of carboxylic acids is 1. The van der Waals surface area contributed by atoms with Crippen molar-refractivity contribution in [1.29, 1.82) is 0 Å². The van der Waals surface area contributed by atoms with Crippen LogP contribution in [0.2, 0.25) is 0 Å². The smallest absolute Gasteiger partial charge is 0.325 e. The van der Waals surface area contributed by atoms with Crippen molar-refractivity contribution < 1.29 is 29.0 Å². The summed E-state index contributed by atoms with van der Waals surface area (Å²) in [5.41, 5.74) is 6.13. The molecule has 0 aliphatic heterocycles. The van der Waals surface area contributed by atoms with Crippen LogP contribution in [0.15, 0.2) is 30.3 Å². The van der Waals surface area contributed by atoms with E-state index < -0.39 is 35.8 Å². The van der Waals surface area contributed by atoms with Crippen molar-refractivity contribution in [2.24, 2.45) is 5.73 Å². The maximum atomic E-state index is 12.0. The van der Waals surface area contributed by atoms with Gasteiger partial charge in [0.25, 0.3) is 0 Å². The number of hydrogen-bond acceptors (Lipinski definition) is 7. The number of carbonyl (C=O) groups excluding carboxylic acids is 3. The third kappa shape index (κ3) is 9.06. The number of hydrogen-bond donors (Lipinski definition) is 5. The van der Waals surface area contributed by atoms with Crippen LogP contribution in [0.25, 0.3) is 0 Å². The molecule has 0 radical (unpaired) electrons. The van der Waals surface area contributed by atoms with Gasteiger partial charge in [-0.25, -0.2) is 0 Å². The van der Waals surface area contributed by atoms with E-state index >= 15 is 0 Å². The molecule has 148 valence electrons. The minimum absolute atomic E-state index is 0.00161. The van der Waals surface area contributed by atoms with Crippen molar-refractivity contribution in [2.75, 3.05) is 12.3 Å². The largest absolute Gasteiger partial charge is 0.480 e. The fraction of sp³-hybridized carbons (Fsp3) is 0.412. The molecule has 0 saturated carbocycles. The maximum Gasteiger partial charge on any atom is 0.325 e. The van der Waals surface area contributed by atoms with E-state index in [1.807, 2.05) is 18.2 Å². The van der Waals surface area contributed by atoms with Crippen LogP contribution in [-0.4, -0.2) is 53.2 Å². The molecule has 0 bridgehead atoms. The van der Waals surface area contributed by atoms with Crippen LogP contribution in [-0.2, 0) is 30.5 Å². The van der Waals surface area contributed by atoms with Crippen molar-refractivity contribution in [3.63, 3.8) is 0 Å². The Morgan fingerprint density at radius 2 is 1.85 bits per heavy atom. The summed E-state index contributed by atoms with van der Waals surface area (Å²) in [6.45, 7) is -0.262. The fourth-order valence-electron chi connectivity index (χ4n) is 1.94. The van der Waals surface area contributed by atoms with Gasteiger partial charge in [0.15, 0.2) is 0 Å². The number of carbonyl (C=O) groups is 4. The van der Waals surface area contributed by atoms with E-state index in [1.165, 1.54) is 0 Å². The molecule has 1 aromatic rings. The number of thiol groups is 1. The summed E-state index contributed by atoms with van der Waals surface area (Å²) in [4.78, 5) is 46.1. The average Bonchev–Trinajstić information content (AvgIpc) is 2.67. The van der Waals surface area contributed by atoms with Gasteiger partial charge in [0.05, 0.1) is 0 Å². The van der Waals surface area contributed by atoms with Crippen molar-refractivity contribution in [3.8, 4) is 0 Å². The monoisotopic (exact) mass is 397 g/mol. The molecule has 0 aromatic heterocycles. The van der Waals surface area contributed by atoms with E-state index in [4.69, 9.17) is 15.6 Å². The molecule has 0 saturated heterocycles. The third-order valence-electron chi connectivity index (χ3n) is 3.48. The lowest BCUT2D eigenvalue weighted by Crippen LogP contribution is -2.49. The zero-order chi connectivity index (χ0) is 20.2. The normalized spacial score (nSPS) is 12.5. The van der Waals surface area contributed by atoms with Crippen LogP contribution < -0.4 is 16.4 Å². The molecule has 0 aliphatic carbocycles. The Kier molecular flexibility index (Phi) is 9.91. The fourth-order valence-corrected chi connectivity index (χ4v) is 2.20. The average molecular weight is 397 g/mol. The molecule has 0 spiro atoms. The Labute approximate surface area is 162 Å². The van der Waals surface area contributed by atoms with Crippen LogP contribution in [0.3, 0.4) is 0 Å². The predicted octanol–water partition coefficient (Wildman–Crippen LogP) is -0.547. The standard InChI is InChI=1S/C17H23N3O6S/c18-12(17(24)25)6-7-14(21)20-13(10-27)16(23)19-8-15(22)26-9-11-4-2-1-3-5-11/h1-5,12-13,27H,6-10,18H2,(H,19,23)(H,20,21)(H,24,25). The van der Waals surface area contributed by atoms with Gasteiger partial charge in [0.1, 0.15) is 25.2 Å². The summed E-state index contributed by atoms with van der Waals surface area (Å²) in [5.74, 6) is -2.96. The van der Waals surface area contributed by atoms with Crippen LogP contribution >= 0.6 is 12.6 Å². The number of aliphatic carboxylic acids is 1. The number of nitrogens with one attached hydrogen (secondary N) is 2. The molecule has 27 heavy (non-hydrogen) atoms. The topological polar surface area (TPSA) is 148 Å². The minimum Gasteiger partial charge on any atom is -0.480 e. The minimum atomic E-state index is -1.21. The highest BCUT2D eigenvalue weighted by atomic mass is 32.1. The van der Waals surface area contributed by atoms with E-state index in [0.29, 0.717) is 0 Å². The van der Waals surface area contributed by atoms with Gasteiger partial charge in [-0.3, -0.25) is 19.2 Å². The van der Waals surface area contributed by atoms with Crippen LogP contribution in [0.1, 0.15) is 18.4 Å². The van der Waals surface area contributed by atoms with Crippen molar-refractivity contribution >= 4 is 36.4 Å². The zero-order valence-corrected chi connectivity index (χ0v) is 15.5. The van der Waals surface area contributed by atoms with Crippen molar-refractivity contribution in [1.82, 2.24) is 10.6 Å².